The van der Waals surface area contributed by atoms with Crippen molar-refractivity contribution < 1.29 is 28.6 Å². The van der Waals surface area contributed by atoms with E-state index in [-0.39, 0.29) is 32.0 Å². The molecule has 1 aromatic carbocycles. The van der Waals surface area contributed by atoms with Crippen LogP contribution >= 0.6 is 0 Å². The van der Waals surface area contributed by atoms with Crippen LogP contribution in [0.3, 0.4) is 0 Å². The number of hydrogen-bond acceptors (Lipinski definition) is 6. The molecule has 0 spiro atoms. The van der Waals surface area contributed by atoms with E-state index in [1.54, 1.807) is 27.7 Å². The maximum atomic E-state index is 11.9. The Morgan fingerprint density at radius 3 is 2.27 bits per heavy atom. The van der Waals surface area contributed by atoms with E-state index in [0.717, 1.165) is 5.56 Å². The van der Waals surface area contributed by atoms with Gasteiger partial charge in [-0.1, -0.05) is 37.3 Å². The second kappa shape index (κ2) is 10.6. The van der Waals surface area contributed by atoms with Crippen molar-refractivity contribution in [3.63, 3.8) is 0 Å². The van der Waals surface area contributed by atoms with Crippen LogP contribution in [0.5, 0.6) is 0 Å². The third-order valence-electron chi connectivity index (χ3n) is 3.31. The first-order valence-electron chi connectivity index (χ1n) is 8.75. The Hall–Kier alpha value is -2.37. The maximum Gasteiger partial charge on any atom is 0.309 e. The summed E-state index contributed by atoms with van der Waals surface area (Å²) >= 11 is 0. The van der Waals surface area contributed by atoms with Crippen molar-refractivity contribution in [2.45, 2.75) is 59.2 Å². The average Bonchev–Trinajstić information content (AvgIpc) is 2.55. The standard InChI is InChI=1S/C20H28O6/c1-15(13-18(22)26-20(2,3)4)19(23)24-12-8-11-17(21)25-14-16-9-6-5-7-10-16/h5-7,9-10,15H,8,11-14H2,1-4H3/t15-/m1/s1. The van der Waals surface area contributed by atoms with E-state index in [1.807, 2.05) is 30.3 Å². The number of ether oxygens (including phenoxy) is 3. The van der Waals surface area contributed by atoms with Gasteiger partial charge in [-0.2, -0.15) is 0 Å². The van der Waals surface area contributed by atoms with Gasteiger partial charge in [-0.05, 0) is 32.8 Å². The predicted octanol–water partition coefficient (Wildman–Crippen LogP) is 3.42. The van der Waals surface area contributed by atoms with Gasteiger partial charge in [0.2, 0.25) is 0 Å². The third kappa shape index (κ3) is 9.81. The van der Waals surface area contributed by atoms with Gasteiger partial charge in [0, 0.05) is 6.42 Å². The highest BCUT2D eigenvalue weighted by Crippen LogP contribution is 2.13. The van der Waals surface area contributed by atoms with Gasteiger partial charge in [-0.15, -0.1) is 0 Å². The molecule has 1 rings (SSSR count). The molecule has 0 radical (unpaired) electrons. The largest absolute Gasteiger partial charge is 0.465 e. The van der Waals surface area contributed by atoms with E-state index < -0.39 is 23.5 Å². The van der Waals surface area contributed by atoms with Crippen LogP contribution in [-0.2, 0) is 35.2 Å². The molecule has 0 aliphatic rings. The number of esters is 3. The summed E-state index contributed by atoms with van der Waals surface area (Å²) in [4.78, 5) is 35.2. The van der Waals surface area contributed by atoms with E-state index in [1.165, 1.54) is 0 Å². The summed E-state index contributed by atoms with van der Waals surface area (Å²) in [6, 6.07) is 9.40. The number of rotatable bonds is 9. The normalized spacial score (nSPS) is 12.2. The summed E-state index contributed by atoms with van der Waals surface area (Å²) in [6.07, 6.45) is 0.508. The lowest BCUT2D eigenvalue weighted by Crippen LogP contribution is -2.27. The Labute approximate surface area is 154 Å². The molecule has 6 nitrogen and oxygen atoms in total. The second-order valence-electron chi connectivity index (χ2n) is 7.11. The van der Waals surface area contributed by atoms with Crippen molar-refractivity contribution in [3.8, 4) is 0 Å². The number of benzene rings is 1. The molecule has 0 saturated heterocycles. The fourth-order valence-corrected chi connectivity index (χ4v) is 2.06. The number of carbonyl (C=O) groups excluding carboxylic acids is 3. The number of carbonyl (C=O) groups is 3. The molecular weight excluding hydrogens is 336 g/mol. The van der Waals surface area contributed by atoms with Crippen LogP contribution in [0.4, 0.5) is 0 Å². The van der Waals surface area contributed by atoms with Gasteiger partial charge in [0.25, 0.3) is 0 Å². The van der Waals surface area contributed by atoms with Gasteiger partial charge in [0.15, 0.2) is 0 Å². The molecule has 0 saturated carbocycles. The zero-order chi connectivity index (χ0) is 19.6. The molecule has 0 aliphatic carbocycles. The van der Waals surface area contributed by atoms with Crippen LogP contribution in [0.15, 0.2) is 30.3 Å². The van der Waals surface area contributed by atoms with Gasteiger partial charge in [-0.3, -0.25) is 14.4 Å². The van der Waals surface area contributed by atoms with E-state index in [0.29, 0.717) is 6.42 Å². The molecular formula is C20H28O6. The average molecular weight is 364 g/mol. The predicted molar refractivity (Wildman–Crippen MR) is 96.1 cm³/mol. The Balaban J connectivity index is 2.16. The molecule has 1 atom stereocenters. The summed E-state index contributed by atoms with van der Waals surface area (Å²) in [6.45, 7) is 7.25. The van der Waals surface area contributed by atoms with Crippen molar-refractivity contribution in [2.24, 2.45) is 5.92 Å². The lowest BCUT2D eigenvalue weighted by molar-refractivity contribution is -0.161. The summed E-state index contributed by atoms with van der Waals surface area (Å²) in [5.41, 5.74) is 0.337. The fraction of sp³-hybridized carbons (Fsp3) is 0.550. The Morgan fingerprint density at radius 2 is 1.65 bits per heavy atom. The summed E-state index contributed by atoms with van der Waals surface area (Å²) in [7, 11) is 0. The SMILES string of the molecule is C[C@H](CC(=O)OC(C)(C)C)C(=O)OCCCC(=O)OCc1ccccc1. The van der Waals surface area contributed by atoms with E-state index in [9.17, 15) is 14.4 Å². The van der Waals surface area contributed by atoms with E-state index in [2.05, 4.69) is 0 Å². The van der Waals surface area contributed by atoms with Crippen molar-refractivity contribution in [3.05, 3.63) is 35.9 Å². The minimum absolute atomic E-state index is 0.0325. The highest BCUT2D eigenvalue weighted by molar-refractivity contribution is 5.79. The lowest BCUT2D eigenvalue weighted by atomic mass is 10.1. The Kier molecular flexibility index (Phi) is 8.82. The van der Waals surface area contributed by atoms with Crippen LogP contribution in [0, 0.1) is 5.92 Å². The second-order valence-corrected chi connectivity index (χ2v) is 7.11. The van der Waals surface area contributed by atoms with Crippen LogP contribution in [0.2, 0.25) is 0 Å². The highest BCUT2D eigenvalue weighted by Gasteiger charge is 2.23. The topological polar surface area (TPSA) is 78.9 Å². The van der Waals surface area contributed by atoms with Gasteiger partial charge >= 0.3 is 17.9 Å². The van der Waals surface area contributed by atoms with Crippen LogP contribution in [-0.4, -0.2) is 30.1 Å². The quantitative estimate of drug-likeness (QED) is 0.379. The summed E-state index contributed by atoms with van der Waals surface area (Å²) in [5, 5.41) is 0. The van der Waals surface area contributed by atoms with Crippen LogP contribution < -0.4 is 0 Å². The zero-order valence-corrected chi connectivity index (χ0v) is 15.9. The first-order valence-corrected chi connectivity index (χ1v) is 8.75. The molecule has 6 heteroatoms. The zero-order valence-electron chi connectivity index (χ0n) is 15.9. The van der Waals surface area contributed by atoms with Crippen LogP contribution in [0.1, 0.15) is 52.5 Å². The highest BCUT2D eigenvalue weighted by atomic mass is 16.6. The van der Waals surface area contributed by atoms with Gasteiger partial charge in [-0.25, -0.2) is 0 Å². The molecule has 0 bridgehead atoms. The fourth-order valence-electron chi connectivity index (χ4n) is 2.06. The first-order chi connectivity index (χ1) is 12.2. The lowest BCUT2D eigenvalue weighted by Gasteiger charge is -2.20. The summed E-state index contributed by atoms with van der Waals surface area (Å²) in [5.74, 6) is -1.85. The van der Waals surface area contributed by atoms with E-state index in [4.69, 9.17) is 14.2 Å². The Morgan fingerprint density at radius 1 is 1.00 bits per heavy atom. The molecule has 0 aromatic heterocycles. The molecule has 1 aromatic rings. The maximum absolute atomic E-state index is 11.9. The molecule has 0 N–H and O–H groups in total. The molecule has 0 heterocycles. The molecule has 0 amide bonds. The first kappa shape index (κ1) is 21.7. The van der Waals surface area contributed by atoms with Gasteiger partial charge in [0.1, 0.15) is 12.2 Å². The molecule has 0 fully saturated rings. The summed E-state index contributed by atoms with van der Waals surface area (Å²) < 4.78 is 15.4. The van der Waals surface area contributed by atoms with Crippen molar-refractivity contribution in [1.29, 1.82) is 0 Å². The molecule has 0 aliphatic heterocycles. The van der Waals surface area contributed by atoms with E-state index >= 15 is 0 Å². The van der Waals surface area contributed by atoms with Crippen LogP contribution in [0.25, 0.3) is 0 Å². The van der Waals surface area contributed by atoms with Gasteiger partial charge in [0.05, 0.1) is 18.9 Å². The van der Waals surface area contributed by atoms with Gasteiger partial charge < -0.3 is 14.2 Å². The molecule has 26 heavy (non-hydrogen) atoms. The molecule has 0 unspecified atom stereocenters. The third-order valence-corrected chi connectivity index (χ3v) is 3.31. The van der Waals surface area contributed by atoms with Crippen molar-refractivity contribution >= 4 is 17.9 Å². The Bertz CT molecular complexity index is 588. The minimum atomic E-state index is -0.588. The smallest absolute Gasteiger partial charge is 0.309 e. The molecule has 144 valence electrons. The van der Waals surface area contributed by atoms with Crippen molar-refractivity contribution in [1.82, 2.24) is 0 Å². The number of hydrogen-bond donors (Lipinski definition) is 0. The van der Waals surface area contributed by atoms with Crippen molar-refractivity contribution in [2.75, 3.05) is 6.61 Å². The minimum Gasteiger partial charge on any atom is -0.465 e. The monoisotopic (exact) mass is 364 g/mol.